The van der Waals surface area contributed by atoms with E-state index in [1.54, 1.807) is 24.3 Å². The van der Waals surface area contributed by atoms with E-state index in [0.717, 1.165) is 0 Å². The summed E-state index contributed by atoms with van der Waals surface area (Å²) in [5, 5.41) is 10.1. The van der Waals surface area contributed by atoms with Crippen LogP contribution in [0.15, 0.2) is 41.0 Å². The molecule has 0 aliphatic heterocycles. The molecule has 1 heterocycles. The zero-order valence-electron chi connectivity index (χ0n) is 9.60. The number of benzene rings is 1. The molecule has 1 atom stereocenters. The molecule has 0 radical (unpaired) electrons. The number of ether oxygens (including phenoxy) is 1. The summed E-state index contributed by atoms with van der Waals surface area (Å²) in [5.41, 5.74) is 0.712. The lowest BCUT2D eigenvalue weighted by atomic mass is 10.0. The third-order valence-electron chi connectivity index (χ3n) is 2.56. The molecule has 0 saturated heterocycles. The molecular formula is C13H11BrFNO2. The Kier molecular flexibility index (Phi) is 3.93. The molecule has 3 nitrogen and oxygen atoms in total. The van der Waals surface area contributed by atoms with E-state index in [2.05, 4.69) is 20.9 Å². The van der Waals surface area contributed by atoms with Gasteiger partial charge < -0.3 is 9.84 Å². The number of nitrogens with zero attached hydrogens (tertiary/aromatic N) is 1. The van der Waals surface area contributed by atoms with Gasteiger partial charge in [-0.1, -0.05) is 12.1 Å². The topological polar surface area (TPSA) is 42.4 Å². The molecule has 18 heavy (non-hydrogen) atoms. The molecule has 1 unspecified atom stereocenters. The summed E-state index contributed by atoms with van der Waals surface area (Å²) in [6, 6.07) is 8.06. The van der Waals surface area contributed by atoms with E-state index in [0.29, 0.717) is 15.9 Å². The molecule has 0 aliphatic carbocycles. The zero-order chi connectivity index (χ0) is 13.1. The van der Waals surface area contributed by atoms with Gasteiger partial charge in [-0.15, -0.1) is 0 Å². The molecular weight excluding hydrogens is 301 g/mol. The molecule has 2 rings (SSSR count). The van der Waals surface area contributed by atoms with E-state index >= 15 is 0 Å². The number of aliphatic hydroxyl groups is 1. The average molecular weight is 312 g/mol. The minimum atomic E-state index is -1.05. The monoisotopic (exact) mass is 311 g/mol. The number of aromatic nitrogens is 1. The van der Waals surface area contributed by atoms with Crippen molar-refractivity contribution in [3.8, 4) is 5.88 Å². The molecule has 0 amide bonds. The van der Waals surface area contributed by atoms with Gasteiger partial charge >= 0.3 is 0 Å². The van der Waals surface area contributed by atoms with Gasteiger partial charge in [-0.25, -0.2) is 9.37 Å². The number of rotatable bonds is 3. The Bertz CT molecular complexity index is 545. The number of aliphatic hydroxyl groups excluding tert-OH is 1. The number of pyridine rings is 1. The molecule has 1 aromatic carbocycles. The Labute approximate surface area is 112 Å². The van der Waals surface area contributed by atoms with Crippen molar-refractivity contribution < 1.29 is 14.2 Å². The summed E-state index contributed by atoms with van der Waals surface area (Å²) in [6.07, 6.45) is 0.407. The summed E-state index contributed by atoms with van der Waals surface area (Å²) in [5.74, 6) is -0.0264. The van der Waals surface area contributed by atoms with Crippen LogP contribution >= 0.6 is 15.9 Å². The van der Waals surface area contributed by atoms with E-state index < -0.39 is 11.9 Å². The largest absolute Gasteiger partial charge is 0.481 e. The second kappa shape index (κ2) is 5.46. The molecule has 0 spiro atoms. The SMILES string of the molecule is COc1ccc(C(O)c2cccc(Br)c2F)cn1. The fourth-order valence-corrected chi connectivity index (χ4v) is 1.97. The van der Waals surface area contributed by atoms with Crippen LogP contribution in [-0.4, -0.2) is 17.2 Å². The first kappa shape index (κ1) is 13.0. The maximum absolute atomic E-state index is 13.8. The van der Waals surface area contributed by atoms with Gasteiger partial charge in [0.15, 0.2) is 0 Å². The smallest absolute Gasteiger partial charge is 0.212 e. The summed E-state index contributed by atoms with van der Waals surface area (Å²) in [7, 11) is 1.51. The molecule has 0 bridgehead atoms. The third kappa shape index (κ3) is 2.52. The van der Waals surface area contributed by atoms with Crippen LogP contribution in [0.1, 0.15) is 17.2 Å². The summed E-state index contributed by atoms with van der Waals surface area (Å²) < 4.78 is 19.1. The van der Waals surface area contributed by atoms with Crippen molar-refractivity contribution in [2.45, 2.75) is 6.10 Å². The van der Waals surface area contributed by atoms with Gasteiger partial charge in [-0.3, -0.25) is 0 Å². The van der Waals surface area contributed by atoms with Crippen LogP contribution in [0, 0.1) is 5.82 Å². The predicted molar refractivity (Wildman–Crippen MR) is 69.0 cm³/mol. The van der Waals surface area contributed by atoms with Crippen LogP contribution in [0.5, 0.6) is 5.88 Å². The highest BCUT2D eigenvalue weighted by Crippen LogP contribution is 2.28. The van der Waals surface area contributed by atoms with Crippen molar-refractivity contribution >= 4 is 15.9 Å². The first-order valence-corrected chi connectivity index (χ1v) is 6.04. The predicted octanol–water partition coefficient (Wildman–Crippen LogP) is 3.07. The number of methoxy groups -OCH3 is 1. The molecule has 5 heteroatoms. The van der Waals surface area contributed by atoms with Gasteiger partial charge in [-0.05, 0) is 28.1 Å². The summed E-state index contributed by atoms with van der Waals surface area (Å²) >= 11 is 3.09. The van der Waals surface area contributed by atoms with E-state index in [4.69, 9.17) is 4.74 Å². The summed E-state index contributed by atoms with van der Waals surface area (Å²) in [6.45, 7) is 0. The van der Waals surface area contributed by atoms with E-state index in [1.165, 1.54) is 19.4 Å². The van der Waals surface area contributed by atoms with Crippen LogP contribution in [0.4, 0.5) is 4.39 Å². The van der Waals surface area contributed by atoms with Gasteiger partial charge in [0.2, 0.25) is 5.88 Å². The first-order chi connectivity index (χ1) is 8.63. The Morgan fingerprint density at radius 1 is 1.33 bits per heavy atom. The molecule has 0 saturated carbocycles. The molecule has 0 fully saturated rings. The number of halogens is 2. The molecule has 1 N–H and O–H groups in total. The van der Waals surface area contributed by atoms with Crippen LogP contribution < -0.4 is 4.74 Å². The quantitative estimate of drug-likeness (QED) is 0.947. The minimum absolute atomic E-state index is 0.205. The van der Waals surface area contributed by atoms with E-state index in [9.17, 15) is 9.50 Å². The van der Waals surface area contributed by atoms with Crippen molar-refractivity contribution in [3.63, 3.8) is 0 Å². The molecule has 0 aliphatic rings. The van der Waals surface area contributed by atoms with Crippen molar-refractivity contribution in [2.75, 3.05) is 7.11 Å². The van der Waals surface area contributed by atoms with E-state index in [1.807, 2.05) is 0 Å². The second-order valence-electron chi connectivity index (χ2n) is 3.68. The zero-order valence-corrected chi connectivity index (χ0v) is 11.2. The van der Waals surface area contributed by atoms with Crippen molar-refractivity contribution in [3.05, 3.63) is 57.9 Å². The van der Waals surface area contributed by atoms with Crippen molar-refractivity contribution in [1.82, 2.24) is 4.98 Å². The van der Waals surface area contributed by atoms with Crippen molar-refractivity contribution in [1.29, 1.82) is 0 Å². The lowest BCUT2D eigenvalue weighted by Gasteiger charge is -2.13. The van der Waals surface area contributed by atoms with Gasteiger partial charge in [-0.2, -0.15) is 0 Å². The third-order valence-corrected chi connectivity index (χ3v) is 3.17. The Morgan fingerprint density at radius 2 is 2.11 bits per heavy atom. The standard InChI is InChI=1S/C13H11BrFNO2/c1-18-11-6-5-8(7-16-11)13(17)9-3-2-4-10(14)12(9)15/h2-7,13,17H,1H3. The Morgan fingerprint density at radius 3 is 2.72 bits per heavy atom. The normalized spacial score (nSPS) is 12.2. The van der Waals surface area contributed by atoms with Gasteiger partial charge in [0.1, 0.15) is 11.9 Å². The minimum Gasteiger partial charge on any atom is -0.481 e. The molecule has 94 valence electrons. The van der Waals surface area contributed by atoms with Crippen LogP contribution in [0.2, 0.25) is 0 Å². The maximum Gasteiger partial charge on any atom is 0.212 e. The lowest BCUT2D eigenvalue weighted by Crippen LogP contribution is -2.03. The van der Waals surface area contributed by atoms with Gasteiger partial charge in [0.05, 0.1) is 11.6 Å². The fraction of sp³-hybridized carbons (Fsp3) is 0.154. The second-order valence-corrected chi connectivity index (χ2v) is 4.53. The Balaban J connectivity index is 2.35. The van der Waals surface area contributed by atoms with Crippen LogP contribution in [0.25, 0.3) is 0 Å². The summed E-state index contributed by atoms with van der Waals surface area (Å²) in [4.78, 5) is 3.98. The molecule has 1 aromatic heterocycles. The highest BCUT2D eigenvalue weighted by atomic mass is 79.9. The first-order valence-electron chi connectivity index (χ1n) is 5.25. The van der Waals surface area contributed by atoms with Gasteiger partial charge in [0, 0.05) is 23.4 Å². The number of hydrogen-bond donors (Lipinski definition) is 1. The number of hydrogen-bond acceptors (Lipinski definition) is 3. The average Bonchev–Trinajstić information content (AvgIpc) is 2.41. The lowest BCUT2D eigenvalue weighted by molar-refractivity contribution is 0.214. The van der Waals surface area contributed by atoms with Crippen LogP contribution in [-0.2, 0) is 0 Å². The van der Waals surface area contributed by atoms with Gasteiger partial charge in [0.25, 0.3) is 0 Å². The maximum atomic E-state index is 13.8. The van der Waals surface area contributed by atoms with Crippen LogP contribution in [0.3, 0.4) is 0 Å². The molecule has 2 aromatic rings. The Hall–Kier alpha value is -1.46. The highest BCUT2D eigenvalue weighted by molar-refractivity contribution is 9.10. The fourth-order valence-electron chi connectivity index (χ4n) is 1.59. The highest BCUT2D eigenvalue weighted by Gasteiger charge is 2.16. The van der Waals surface area contributed by atoms with E-state index in [-0.39, 0.29) is 5.56 Å². The van der Waals surface area contributed by atoms with Crippen molar-refractivity contribution in [2.24, 2.45) is 0 Å².